The predicted octanol–water partition coefficient (Wildman–Crippen LogP) is 1.56. The first-order chi connectivity index (χ1) is 6.83. The molecular formula is C10H15N3O. The highest BCUT2D eigenvalue weighted by atomic mass is 16.6. The summed E-state index contributed by atoms with van der Waals surface area (Å²) in [4.78, 5) is 9.10. The van der Waals surface area contributed by atoms with Gasteiger partial charge in [0.15, 0.2) is 0 Å². The van der Waals surface area contributed by atoms with Crippen LogP contribution >= 0.6 is 0 Å². The number of rotatable bonds is 4. The second-order valence-electron chi connectivity index (χ2n) is 2.78. The van der Waals surface area contributed by atoms with Gasteiger partial charge in [-0.05, 0) is 18.6 Å². The zero-order valence-corrected chi connectivity index (χ0v) is 8.23. The van der Waals surface area contributed by atoms with Gasteiger partial charge >= 0.3 is 0 Å². The molecule has 0 spiro atoms. The Bertz CT molecular complexity index is 285. The first-order valence-corrected chi connectivity index (χ1v) is 4.60. The van der Waals surface area contributed by atoms with Crippen LogP contribution in [0, 0.1) is 0 Å². The summed E-state index contributed by atoms with van der Waals surface area (Å²) >= 11 is 0. The van der Waals surface area contributed by atoms with Crippen LogP contribution in [0.25, 0.3) is 0 Å². The summed E-state index contributed by atoms with van der Waals surface area (Å²) in [5.41, 5.74) is 8.92. The monoisotopic (exact) mass is 193 g/mol. The highest BCUT2D eigenvalue weighted by molar-refractivity contribution is 5.79. The average molecular weight is 193 g/mol. The molecule has 0 aromatic heterocycles. The lowest BCUT2D eigenvalue weighted by atomic mass is 10.3. The van der Waals surface area contributed by atoms with E-state index in [1.807, 2.05) is 37.3 Å². The van der Waals surface area contributed by atoms with E-state index in [0.29, 0.717) is 6.61 Å². The Labute approximate surface area is 83.7 Å². The Balaban J connectivity index is 2.43. The van der Waals surface area contributed by atoms with Crippen molar-refractivity contribution in [3.8, 4) is 0 Å². The van der Waals surface area contributed by atoms with Gasteiger partial charge in [0.25, 0.3) is 0 Å². The topological polar surface area (TPSA) is 59.6 Å². The molecule has 0 saturated carbocycles. The smallest absolute Gasteiger partial charge is 0.218 e. The summed E-state index contributed by atoms with van der Waals surface area (Å²) in [5.74, 6) is 0.268. The molecule has 0 aliphatic heterocycles. The molecule has 0 atom stereocenters. The minimum Gasteiger partial charge on any atom is -0.368 e. The molecule has 0 aliphatic carbocycles. The van der Waals surface area contributed by atoms with E-state index >= 15 is 0 Å². The van der Waals surface area contributed by atoms with Crippen molar-refractivity contribution >= 4 is 11.6 Å². The van der Waals surface area contributed by atoms with Gasteiger partial charge in [0.2, 0.25) is 5.96 Å². The third-order valence-electron chi connectivity index (χ3n) is 1.49. The Morgan fingerprint density at radius 3 is 2.79 bits per heavy atom. The van der Waals surface area contributed by atoms with Crippen LogP contribution in [-0.2, 0) is 4.84 Å². The lowest BCUT2D eigenvalue weighted by molar-refractivity contribution is 0.0848. The van der Waals surface area contributed by atoms with Crippen molar-refractivity contribution in [2.75, 3.05) is 6.61 Å². The van der Waals surface area contributed by atoms with E-state index < -0.39 is 0 Å². The van der Waals surface area contributed by atoms with Crippen LogP contribution in [0.1, 0.15) is 13.3 Å². The van der Waals surface area contributed by atoms with Crippen molar-refractivity contribution in [3.63, 3.8) is 0 Å². The third-order valence-corrected chi connectivity index (χ3v) is 1.49. The zero-order valence-electron chi connectivity index (χ0n) is 8.23. The van der Waals surface area contributed by atoms with Gasteiger partial charge in [-0.15, -0.1) is 0 Å². The van der Waals surface area contributed by atoms with E-state index in [4.69, 9.17) is 10.6 Å². The standard InChI is InChI=1S/C10H15N3O/c1-2-8-14-13-10(11)12-9-6-4-3-5-7-9/h3-7H,2,8H2,1H3,(H3,11,12,13). The van der Waals surface area contributed by atoms with Gasteiger partial charge < -0.3 is 5.73 Å². The highest BCUT2D eigenvalue weighted by Gasteiger charge is 1.91. The van der Waals surface area contributed by atoms with Crippen molar-refractivity contribution in [2.45, 2.75) is 13.3 Å². The number of aliphatic imine (C=N–C) groups is 1. The largest absolute Gasteiger partial charge is 0.368 e. The van der Waals surface area contributed by atoms with Gasteiger partial charge in [0, 0.05) is 0 Å². The minimum atomic E-state index is 0.268. The van der Waals surface area contributed by atoms with Crippen LogP contribution in [0.5, 0.6) is 0 Å². The number of guanidine groups is 1. The van der Waals surface area contributed by atoms with Crippen LogP contribution in [0.3, 0.4) is 0 Å². The number of hydroxylamine groups is 1. The van der Waals surface area contributed by atoms with Crippen LogP contribution in [0.2, 0.25) is 0 Å². The van der Waals surface area contributed by atoms with E-state index in [-0.39, 0.29) is 5.96 Å². The van der Waals surface area contributed by atoms with Crippen LogP contribution < -0.4 is 11.2 Å². The van der Waals surface area contributed by atoms with E-state index in [9.17, 15) is 0 Å². The normalized spacial score (nSPS) is 11.4. The van der Waals surface area contributed by atoms with Crippen LogP contribution in [0.4, 0.5) is 5.69 Å². The Hall–Kier alpha value is -1.55. The van der Waals surface area contributed by atoms with E-state index in [2.05, 4.69) is 10.5 Å². The molecule has 0 radical (unpaired) electrons. The van der Waals surface area contributed by atoms with Crippen molar-refractivity contribution in [1.29, 1.82) is 0 Å². The number of nitrogens with zero attached hydrogens (tertiary/aromatic N) is 1. The Kier molecular flexibility index (Phi) is 4.50. The molecule has 0 fully saturated rings. The molecule has 1 aromatic carbocycles. The SMILES string of the molecule is CCCONC(N)=Nc1ccccc1. The third kappa shape index (κ3) is 3.91. The van der Waals surface area contributed by atoms with Gasteiger partial charge in [-0.25, -0.2) is 10.5 Å². The summed E-state index contributed by atoms with van der Waals surface area (Å²) in [6, 6.07) is 9.47. The van der Waals surface area contributed by atoms with Crippen molar-refractivity contribution in [3.05, 3.63) is 30.3 Å². The Morgan fingerprint density at radius 2 is 2.14 bits per heavy atom. The van der Waals surface area contributed by atoms with Crippen molar-refractivity contribution < 1.29 is 4.84 Å². The Morgan fingerprint density at radius 1 is 1.43 bits per heavy atom. The molecule has 0 unspecified atom stereocenters. The van der Waals surface area contributed by atoms with Crippen molar-refractivity contribution in [1.82, 2.24) is 5.48 Å². The van der Waals surface area contributed by atoms with E-state index in [1.165, 1.54) is 0 Å². The number of nitrogens with two attached hydrogens (primary N) is 1. The number of para-hydroxylation sites is 1. The zero-order chi connectivity index (χ0) is 10.2. The number of nitrogens with one attached hydrogen (secondary N) is 1. The fraction of sp³-hybridized carbons (Fsp3) is 0.300. The summed E-state index contributed by atoms with van der Waals surface area (Å²) in [7, 11) is 0. The summed E-state index contributed by atoms with van der Waals surface area (Å²) < 4.78 is 0. The van der Waals surface area contributed by atoms with Crippen molar-refractivity contribution in [2.24, 2.45) is 10.7 Å². The number of hydrogen-bond donors (Lipinski definition) is 2. The molecule has 0 bridgehead atoms. The minimum absolute atomic E-state index is 0.268. The molecule has 1 aromatic rings. The van der Waals surface area contributed by atoms with Gasteiger partial charge in [-0.2, -0.15) is 0 Å². The average Bonchev–Trinajstić information content (AvgIpc) is 2.20. The second-order valence-corrected chi connectivity index (χ2v) is 2.78. The lowest BCUT2D eigenvalue weighted by Crippen LogP contribution is -2.31. The number of benzene rings is 1. The van der Waals surface area contributed by atoms with E-state index in [0.717, 1.165) is 12.1 Å². The molecule has 4 heteroatoms. The molecule has 1 rings (SSSR count). The molecule has 0 amide bonds. The number of hydrogen-bond acceptors (Lipinski definition) is 2. The fourth-order valence-electron chi connectivity index (χ4n) is 0.891. The molecule has 4 nitrogen and oxygen atoms in total. The maximum atomic E-state index is 5.56. The quantitative estimate of drug-likeness (QED) is 0.330. The van der Waals surface area contributed by atoms with Gasteiger partial charge in [-0.3, -0.25) is 4.84 Å². The predicted molar refractivity (Wildman–Crippen MR) is 57.1 cm³/mol. The van der Waals surface area contributed by atoms with Crippen LogP contribution in [0.15, 0.2) is 35.3 Å². The van der Waals surface area contributed by atoms with Gasteiger partial charge in [0.1, 0.15) is 0 Å². The molecule has 0 heterocycles. The summed E-state index contributed by atoms with van der Waals surface area (Å²) in [5, 5.41) is 0. The first-order valence-electron chi connectivity index (χ1n) is 4.60. The van der Waals surface area contributed by atoms with Gasteiger partial charge in [0.05, 0.1) is 12.3 Å². The molecule has 0 saturated heterocycles. The summed E-state index contributed by atoms with van der Waals surface area (Å²) in [6.07, 6.45) is 0.936. The molecule has 3 N–H and O–H groups in total. The maximum Gasteiger partial charge on any atom is 0.218 e. The van der Waals surface area contributed by atoms with Crippen LogP contribution in [-0.4, -0.2) is 12.6 Å². The first kappa shape index (κ1) is 10.5. The van der Waals surface area contributed by atoms with E-state index in [1.54, 1.807) is 0 Å². The molecule has 76 valence electrons. The molecular weight excluding hydrogens is 178 g/mol. The van der Waals surface area contributed by atoms with Gasteiger partial charge in [-0.1, -0.05) is 25.1 Å². The fourth-order valence-corrected chi connectivity index (χ4v) is 0.891. The highest BCUT2D eigenvalue weighted by Crippen LogP contribution is 2.08. The summed E-state index contributed by atoms with van der Waals surface area (Å²) in [6.45, 7) is 2.64. The lowest BCUT2D eigenvalue weighted by Gasteiger charge is -2.04. The maximum absolute atomic E-state index is 5.56. The molecule has 14 heavy (non-hydrogen) atoms. The molecule has 0 aliphatic rings. The second kappa shape index (κ2) is 5.99.